The molecular formula is C15H18FN3OS. The van der Waals surface area contributed by atoms with Gasteiger partial charge in [0, 0.05) is 10.9 Å². The van der Waals surface area contributed by atoms with Crippen LogP contribution in [0.1, 0.15) is 43.3 Å². The Balaban J connectivity index is 1.62. The standard InChI is InChI=1S/C15H18FN3OS/c16-10-4-3-5-11(8-10)21-9-14-18-15(20-19-14)12-6-1-2-7-13(12)17/h3-5,8,12-13H,1-2,6-7,9,17H2. The van der Waals surface area contributed by atoms with Gasteiger partial charge in [0.2, 0.25) is 5.89 Å². The fourth-order valence-corrected chi connectivity index (χ4v) is 3.43. The molecule has 0 saturated heterocycles. The van der Waals surface area contributed by atoms with E-state index in [2.05, 4.69) is 10.1 Å². The Morgan fingerprint density at radius 2 is 2.19 bits per heavy atom. The molecular weight excluding hydrogens is 289 g/mol. The van der Waals surface area contributed by atoms with Crippen molar-refractivity contribution in [1.82, 2.24) is 10.1 Å². The summed E-state index contributed by atoms with van der Waals surface area (Å²) < 4.78 is 18.5. The molecule has 1 aliphatic rings. The number of hydrogen-bond acceptors (Lipinski definition) is 5. The normalized spacial score (nSPS) is 22.4. The molecule has 0 aliphatic heterocycles. The molecule has 21 heavy (non-hydrogen) atoms. The van der Waals surface area contributed by atoms with E-state index in [0.717, 1.165) is 24.2 Å². The van der Waals surface area contributed by atoms with Crippen molar-refractivity contribution < 1.29 is 8.91 Å². The van der Waals surface area contributed by atoms with Crippen LogP contribution in [0.25, 0.3) is 0 Å². The number of aromatic nitrogens is 2. The third-order valence-electron chi connectivity index (χ3n) is 3.78. The van der Waals surface area contributed by atoms with E-state index in [1.807, 2.05) is 6.07 Å². The van der Waals surface area contributed by atoms with Crippen LogP contribution in [0.4, 0.5) is 4.39 Å². The van der Waals surface area contributed by atoms with E-state index in [4.69, 9.17) is 10.3 Å². The number of hydrogen-bond donors (Lipinski definition) is 1. The minimum absolute atomic E-state index is 0.114. The summed E-state index contributed by atoms with van der Waals surface area (Å²) in [5.74, 6) is 1.80. The number of benzene rings is 1. The lowest BCUT2D eigenvalue weighted by molar-refractivity contribution is 0.289. The van der Waals surface area contributed by atoms with Crippen molar-refractivity contribution in [3.63, 3.8) is 0 Å². The van der Waals surface area contributed by atoms with Crippen LogP contribution in [0.5, 0.6) is 0 Å². The van der Waals surface area contributed by atoms with Gasteiger partial charge in [0.1, 0.15) is 5.82 Å². The summed E-state index contributed by atoms with van der Waals surface area (Å²) in [4.78, 5) is 5.31. The molecule has 2 aromatic rings. The number of nitrogens with zero attached hydrogens (tertiary/aromatic N) is 2. The molecule has 2 atom stereocenters. The fraction of sp³-hybridized carbons (Fsp3) is 0.467. The van der Waals surface area contributed by atoms with Crippen LogP contribution in [-0.2, 0) is 5.75 Å². The van der Waals surface area contributed by atoms with Crippen LogP contribution in [-0.4, -0.2) is 16.2 Å². The first kappa shape index (κ1) is 14.5. The van der Waals surface area contributed by atoms with Crippen molar-refractivity contribution in [2.45, 2.75) is 48.3 Å². The van der Waals surface area contributed by atoms with Crippen LogP contribution >= 0.6 is 11.8 Å². The lowest BCUT2D eigenvalue weighted by atomic mass is 9.85. The first-order valence-corrected chi connectivity index (χ1v) is 8.17. The second kappa shape index (κ2) is 6.58. The Morgan fingerprint density at radius 1 is 1.33 bits per heavy atom. The predicted molar refractivity (Wildman–Crippen MR) is 79.4 cm³/mol. The minimum atomic E-state index is -0.234. The molecule has 1 aliphatic carbocycles. The van der Waals surface area contributed by atoms with Crippen LogP contribution in [0.2, 0.25) is 0 Å². The Bertz CT molecular complexity index is 604. The van der Waals surface area contributed by atoms with E-state index in [0.29, 0.717) is 17.5 Å². The molecule has 1 aromatic heterocycles. The van der Waals surface area contributed by atoms with Crippen molar-refractivity contribution in [2.24, 2.45) is 5.73 Å². The molecule has 0 amide bonds. The lowest BCUT2D eigenvalue weighted by Crippen LogP contribution is -2.31. The highest BCUT2D eigenvalue weighted by Gasteiger charge is 2.28. The molecule has 2 unspecified atom stereocenters. The smallest absolute Gasteiger partial charge is 0.231 e. The Morgan fingerprint density at radius 3 is 3.00 bits per heavy atom. The predicted octanol–water partition coefficient (Wildman–Crippen LogP) is 3.49. The third kappa shape index (κ3) is 3.63. The van der Waals surface area contributed by atoms with Gasteiger partial charge in [0.05, 0.1) is 11.7 Å². The van der Waals surface area contributed by atoms with Crippen molar-refractivity contribution in [3.8, 4) is 0 Å². The summed E-state index contributed by atoms with van der Waals surface area (Å²) in [5, 5.41) is 4.01. The highest BCUT2D eigenvalue weighted by Crippen LogP contribution is 2.31. The topological polar surface area (TPSA) is 64.9 Å². The second-order valence-corrected chi connectivity index (χ2v) is 6.40. The Labute approximate surface area is 127 Å². The molecule has 112 valence electrons. The number of nitrogens with two attached hydrogens (primary N) is 1. The van der Waals surface area contributed by atoms with Gasteiger partial charge in [0.15, 0.2) is 5.82 Å². The molecule has 1 aromatic carbocycles. The summed E-state index contributed by atoms with van der Waals surface area (Å²) in [7, 11) is 0. The maximum Gasteiger partial charge on any atom is 0.231 e. The molecule has 6 heteroatoms. The lowest BCUT2D eigenvalue weighted by Gasteiger charge is -2.25. The Kier molecular flexibility index (Phi) is 4.55. The highest BCUT2D eigenvalue weighted by molar-refractivity contribution is 7.98. The molecule has 1 saturated carbocycles. The van der Waals surface area contributed by atoms with Gasteiger partial charge in [-0.25, -0.2) is 4.39 Å². The molecule has 0 radical (unpaired) electrons. The van der Waals surface area contributed by atoms with Crippen molar-refractivity contribution >= 4 is 11.8 Å². The summed E-state index contributed by atoms with van der Waals surface area (Å²) in [5.41, 5.74) is 6.13. The fourth-order valence-electron chi connectivity index (χ4n) is 2.65. The zero-order valence-corrected chi connectivity index (χ0v) is 12.5. The first-order chi connectivity index (χ1) is 10.2. The highest BCUT2D eigenvalue weighted by atomic mass is 32.2. The van der Waals surface area contributed by atoms with Crippen LogP contribution in [0, 0.1) is 5.82 Å². The summed E-state index contributed by atoms with van der Waals surface area (Å²) in [6, 6.07) is 6.61. The minimum Gasteiger partial charge on any atom is -0.339 e. The number of halogens is 1. The largest absolute Gasteiger partial charge is 0.339 e. The van der Waals surface area contributed by atoms with E-state index in [1.165, 1.54) is 30.3 Å². The molecule has 3 rings (SSSR count). The van der Waals surface area contributed by atoms with Gasteiger partial charge >= 0.3 is 0 Å². The van der Waals surface area contributed by atoms with E-state index < -0.39 is 0 Å². The molecule has 1 heterocycles. The van der Waals surface area contributed by atoms with Crippen LogP contribution in [0.15, 0.2) is 33.7 Å². The van der Waals surface area contributed by atoms with E-state index in [-0.39, 0.29) is 17.8 Å². The van der Waals surface area contributed by atoms with Gasteiger partial charge in [-0.1, -0.05) is 24.1 Å². The number of thioether (sulfide) groups is 1. The van der Waals surface area contributed by atoms with Gasteiger partial charge in [0.25, 0.3) is 0 Å². The Hall–Kier alpha value is -1.40. The summed E-state index contributed by atoms with van der Waals surface area (Å²) in [6.45, 7) is 0. The SMILES string of the molecule is NC1CCCCC1c1nc(CSc2cccc(F)c2)no1. The van der Waals surface area contributed by atoms with Gasteiger partial charge in [-0.15, -0.1) is 11.8 Å². The van der Waals surface area contributed by atoms with Crippen LogP contribution < -0.4 is 5.73 Å². The van der Waals surface area contributed by atoms with Gasteiger partial charge in [-0.05, 0) is 31.0 Å². The second-order valence-electron chi connectivity index (χ2n) is 5.35. The zero-order valence-electron chi connectivity index (χ0n) is 11.7. The average molecular weight is 307 g/mol. The van der Waals surface area contributed by atoms with E-state index in [1.54, 1.807) is 6.07 Å². The zero-order chi connectivity index (χ0) is 14.7. The maximum atomic E-state index is 13.1. The number of rotatable bonds is 4. The van der Waals surface area contributed by atoms with Crippen LogP contribution in [0.3, 0.4) is 0 Å². The summed E-state index contributed by atoms with van der Waals surface area (Å²) >= 11 is 1.49. The van der Waals surface area contributed by atoms with Gasteiger partial charge in [-0.2, -0.15) is 4.98 Å². The van der Waals surface area contributed by atoms with Gasteiger partial charge < -0.3 is 10.3 Å². The summed E-state index contributed by atoms with van der Waals surface area (Å²) in [6.07, 6.45) is 4.36. The molecule has 0 spiro atoms. The van der Waals surface area contributed by atoms with E-state index >= 15 is 0 Å². The quantitative estimate of drug-likeness (QED) is 0.876. The van der Waals surface area contributed by atoms with Crippen molar-refractivity contribution in [1.29, 1.82) is 0 Å². The third-order valence-corrected chi connectivity index (χ3v) is 4.77. The monoisotopic (exact) mass is 307 g/mol. The molecule has 1 fully saturated rings. The first-order valence-electron chi connectivity index (χ1n) is 7.19. The van der Waals surface area contributed by atoms with Gasteiger partial charge in [-0.3, -0.25) is 0 Å². The van der Waals surface area contributed by atoms with Crippen molar-refractivity contribution in [2.75, 3.05) is 0 Å². The molecule has 0 bridgehead atoms. The maximum absolute atomic E-state index is 13.1. The average Bonchev–Trinajstić information content (AvgIpc) is 2.94. The molecule has 4 nitrogen and oxygen atoms in total. The molecule has 2 N–H and O–H groups in total. The van der Waals surface area contributed by atoms with E-state index in [9.17, 15) is 4.39 Å². The van der Waals surface area contributed by atoms with Crippen molar-refractivity contribution in [3.05, 3.63) is 41.8 Å².